The number of aromatic nitrogens is 1. The van der Waals surface area contributed by atoms with E-state index in [0.717, 1.165) is 6.20 Å². The summed E-state index contributed by atoms with van der Waals surface area (Å²) in [6, 6.07) is 1.42. The van der Waals surface area contributed by atoms with Crippen LogP contribution in [0.15, 0.2) is 18.5 Å². The highest BCUT2D eigenvalue weighted by Gasteiger charge is 2.18. The fourth-order valence-corrected chi connectivity index (χ4v) is 1.52. The maximum atomic E-state index is 13.4. The van der Waals surface area contributed by atoms with E-state index in [1.807, 2.05) is 20.8 Å². The zero-order valence-corrected chi connectivity index (χ0v) is 9.90. The van der Waals surface area contributed by atoms with Crippen LogP contribution in [0.1, 0.15) is 31.1 Å². The van der Waals surface area contributed by atoms with Gasteiger partial charge in [-0.15, -0.1) is 0 Å². The van der Waals surface area contributed by atoms with Gasteiger partial charge in [0.1, 0.15) is 0 Å². The number of carbonyl (C=O) groups excluding carboxylic acids is 1. The van der Waals surface area contributed by atoms with E-state index in [-0.39, 0.29) is 11.5 Å². The molecule has 0 N–H and O–H groups in total. The summed E-state index contributed by atoms with van der Waals surface area (Å²) in [6.07, 6.45) is 2.50. The second-order valence-corrected chi connectivity index (χ2v) is 4.09. The minimum Gasteiger partial charge on any atom is -0.339 e. The third-order valence-electron chi connectivity index (χ3n) is 2.26. The number of hydrogen-bond acceptors (Lipinski definition) is 2. The average Bonchev–Trinajstić information content (AvgIpc) is 2.25. The Kier molecular flexibility index (Phi) is 4.40. The Balaban J connectivity index is 2.87. The topological polar surface area (TPSA) is 33.2 Å². The molecule has 0 saturated carbocycles. The summed E-state index contributed by atoms with van der Waals surface area (Å²) in [6.45, 7) is 7.16. The zero-order chi connectivity index (χ0) is 12.1. The van der Waals surface area contributed by atoms with Crippen LogP contribution in [-0.2, 0) is 0 Å². The number of nitrogens with zero attached hydrogens (tertiary/aromatic N) is 2. The van der Waals surface area contributed by atoms with E-state index < -0.39 is 5.82 Å². The smallest absolute Gasteiger partial charge is 0.256 e. The number of carbonyl (C=O) groups is 1. The molecule has 1 heterocycles. The van der Waals surface area contributed by atoms with Crippen LogP contribution in [0.3, 0.4) is 0 Å². The quantitative estimate of drug-likeness (QED) is 0.786. The molecule has 0 aliphatic rings. The molecule has 1 aromatic heterocycles. The number of pyridine rings is 1. The van der Waals surface area contributed by atoms with E-state index in [4.69, 9.17) is 0 Å². The van der Waals surface area contributed by atoms with E-state index in [9.17, 15) is 9.18 Å². The molecule has 0 atom stereocenters. The number of hydrogen-bond donors (Lipinski definition) is 0. The molecule has 0 saturated heterocycles. The summed E-state index contributed by atoms with van der Waals surface area (Å²) in [5.74, 6) is -0.459. The normalized spacial score (nSPS) is 10.6. The third kappa shape index (κ3) is 3.02. The number of halogens is 1. The van der Waals surface area contributed by atoms with Crippen LogP contribution < -0.4 is 0 Å². The summed E-state index contributed by atoms with van der Waals surface area (Å²) in [5, 5.41) is 0. The predicted octanol–water partition coefficient (Wildman–Crippen LogP) is 2.34. The van der Waals surface area contributed by atoms with E-state index in [1.165, 1.54) is 12.3 Å². The van der Waals surface area contributed by atoms with Gasteiger partial charge in [0.2, 0.25) is 0 Å². The van der Waals surface area contributed by atoms with Crippen molar-refractivity contribution in [3.63, 3.8) is 0 Å². The highest BCUT2D eigenvalue weighted by molar-refractivity contribution is 5.94. The first-order chi connectivity index (χ1) is 7.56. The third-order valence-corrected chi connectivity index (χ3v) is 2.26. The summed E-state index contributed by atoms with van der Waals surface area (Å²) in [4.78, 5) is 17.3. The molecule has 1 aromatic rings. The van der Waals surface area contributed by atoms with Crippen LogP contribution in [0.25, 0.3) is 0 Å². The molecule has 0 aliphatic carbocycles. The van der Waals surface area contributed by atoms with Gasteiger partial charge >= 0.3 is 0 Å². The minimum atomic E-state index is -0.560. The van der Waals surface area contributed by atoms with E-state index in [1.54, 1.807) is 4.90 Å². The molecule has 0 radical (unpaired) electrons. The van der Waals surface area contributed by atoms with E-state index in [2.05, 4.69) is 4.98 Å². The molecular formula is C12H17FN2O. The Morgan fingerprint density at radius 2 is 2.25 bits per heavy atom. The summed E-state index contributed by atoms with van der Waals surface area (Å²) >= 11 is 0. The predicted molar refractivity (Wildman–Crippen MR) is 60.6 cm³/mol. The van der Waals surface area contributed by atoms with Crippen LogP contribution >= 0.6 is 0 Å². The molecule has 0 aliphatic heterocycles. The highest BCUT2D eigenvalue weighted by Crippen LogP contribution is 2.10. The maximum absolute atomic E-state index is 13.4. The van der Waals surface area contributed by atoms with Gasteiger partial charge in [0, 0.05) is 19.3 Å². The maximum Gasteiger partial charge on any atom is 0.256 e. The van der Waals surface area contributed by atoms with Crippen LogP contribution in [0, 0.1) is 11.7 Å². The lowest BCUT2D eigenvalue weighted by atomic mass is 10.1. The summed E-state index contributed by atoms with van der Waals surface area (Å²) in [5.41, 5.74) is 0.0949. The first-order valence-electron chi connectivity index (χ1n) is 5.45. The monoisotopic (exact) mass is 224 g/mol. The molecule has 88 valence electrons. The van der Waals surface area contributed by atoms with Gasteiger partial charge in [-0.1, -0.05) is 13.8 Å². The summed E-state index contributed by atoms with van der Waals surface area (Å²) in [7, 11) is 0. The molecular weight excluding hydrogens is 207 g/mol. The van der Waals surface area contributed by atoms with Crippen LogP contribution in [-0.4, -0.2) is 28.9 Å². The van der Waals surface area contributed by atoms with Crippen LogP contribution in [0.2, 0.25) is 0 Å². The molecule has 0 spiro atoms. The second kappa shape index (κ2) is 5.58. The zero-order valence-electron chi connectivity index (χ0n) is 9.90. The fourth-order valence-electron chi connectivity index (χ4n) is 1.52. The molecule has 1 amide bonds. The fraction of sp³-hybridized carbons (Fsp3) is 0.500. The first kappa shape index (κ1) is 12.6. The molecule has 16 heavy (non-hydrogen) atoms. The molecule has 0 aromatic carbocycles. The standard InChI is InChI=1S/C12H17FN2O/c1-4-15(8-9(2)3)12(16)10-5-6-14-7-11(10)13/h5-7,9H,4,8H2,1-3H3. The van der Waals surface area contributed by atoms with Crippen molar-refractivity contribution in [1.29, 1.82) is 0 Å². The Labute approximate surface area is 95.3 Å². The Hall–Kier alpha value is -1.45. The van der Waals surface area contributed by atoms with Gasteiger partial charge in [0.05, 0.1) is 11.8 Å². The van der Waals surface area contributed by atoms with Gasteiger partial charge in [-0.05, 0) is 18.9 Å². The summed E-state index contributed by atoms with van der Waals surface area (Å²) < 4.78 is 13.4. The van der Waals surface area contributed by atoms with Crippen molar-refractivity contribution in [1.82, 2.24) is 9.88 Å². The van der Waals surface area contributed by atoms with Gasteiger partial charge in [-0.25, -0.2) is 4.39 Å². The Morgan fingerprint density at radius 3 is 2.75 bits per heavy atom. The van der Waals surface area contributed by atoms with Crippen LogP contribution in [0.5, 0.6) is 0 Å². The lowest BCUT2D eigenvalue weighted by Crippen LogP contribution is -2.34. The van der Waals surface area contributed by atoms with Gasteiger partial charge in [0.15, 0.2) is 5.82 Å². The van der Waals surface area contributed by atoms with Gasteiger partial charge < -0.3 is 4.90 Å². The molecule has 0 fully saturated rings. The van der Waals surface area contributed by atoms with E-state index >= 15 is 0 Å². The van der Waals surface area contributed by atoms with Crippen molar-refractivity contribution in [2.24, 2.45) is 5.92 Å². The van der Waals surface area contributed by atoms with Gasteiger partial charge in [-0.2, -0.15) is 0 Å². The van der Waals surface area contributed by atoms with Gasteiger partial charge in [-0.3, -0.25) is 9.78 Å². The van der Waals surface area contributed by atoms with Crippen molar-refractivity contribution < 1.29 is 9.18 Å². The first-order valence-corrected chi connectivity index (χ1v) is 5.45. The Bertz CT molecular complexity index is 366. The van der Waals surface area contributed by atoms with Crippen molar-refractivity contribution in [3.05, 3.63) is 29.8 Å². The Morgan fingerprint density at radius 1 is 1.56 bits per heavy atom. The van der Waals surface area contributed by atoms with Crippen LogP contribution in [0.4, 0.5) is 4.39 Å². The van der Waals surface area contributed by atoms with Crippen molar-refractivity contribution in [2.45, 2.75) is 20.8 Å². The number of rotatable bonds is 4. The van der Waals surface area contributed by atoms with E-state index in [0.29, 0.717) is 19.0 Å². The highest BCUT2D eigenvalue weighted by atomic mass is 19.1. The number of amides is 1. The van der Waals surface area contributed by atoms with Gasteiger partial charge in [0.25, 0.3) is 5.91 Å². The average molecular weight is 224 g/mol. The molecule has 3 nitrogen and oxygen atoms in total. The molecule has 0 unspecified atom stereocenters. The van der Waals surface area contributed by atoms with Crippen molar-refractivity contribution in [3.8, 4) is 0 Å². The molecule has 4 heteroatoms. The minimum absolute atomic E-state index is 0.0949. The van der Waals surface area contributed by atoms with Crippen molar-refractivity contribution in [2.75, 3.05) is 13.1 Å². The lowest BCUT2D eigenvalue weighted by Gasteiger charge is -2.23. The molecule has 0 bridgehead atoms. The SMILES string of the molecule is CCN(CC(C)C)C(=O)c1ccncc1F. The molecule has 1 rings (SSSR count). The lowest BCUT2D eigenvalue weighted by molar-refractivity contribution is 0.0741. The van der Waals surface area contributed by atoms with Crippen molar-refractivity contribution >= 4 is 5.91 Å². The second-order valence-electron chi connectivity index (χ2n) is 4.09. The largest absolute Gasteiger partial charge is 0.339 e.